The van der Waals surface area contributed by atoms with Gasteiger partial charge >= 0.3 is 5.97 Å². The summed E-state index contributed by atoms with van der Waals surface area (Å²) in [5.41, 5.74) is 0.440. The first-order chi connectivity index (χ1) is 13.4. The maximum atomic E-state index is 12.5. The van der Waals surface area contributed by atoms with Crippen LogP contribution >= 0.6 is 11.6 Å². The van der Waals surface area contributed by atoms with Crippen molar-refractivity contribution < 1.29 is 27.5 Å². The predicted molar refractivity (Wildman–Crippen MR) is 101 cm³/mol. The average molecular weight is 428 g/mol. The molecule has 2 aromatic rings. The molecule has 1 aliphatic rings. The molecule has 1 aromatic carbocycles. The Morgan fingerprint density at radius 3 is 2.57 bits per heavy atom. The fraction of sp³-hybridized carbons (Fsp3) is 0.294. The second-order valence-electron chi connectivity index (χ2n) is 5.90. The standard InChI is InChI=1S/C17H18ClN3O6S/c18-12-1-3-13(4-2-12)20-16(22)11-27-17(23)15-9-14(10-19-15)28(24,25)21-5-7-26-8-6-21/h1-4,9-10,19H,5-8,11H2,(H,20,22). The minimum absolute atomic E-state index is 0.0491. The van der Waals surface area contributed by atoms with E-state index in [1.165, 1.54) is 16.6 Å². The van der Waals surface area contributed by atoms with Crippen molar-refractivity contribution in [3.63, 3.8) is 0 Å². The molecule has 0 unspecified atom stereocenters. The number of ether oxygens (including phenoxy) is 2. The van der Waals surface area contributed by atoms with Crippen molar-refractivity contribution in [1.82, 2.24) is 9.29 Å². The average Bonchev–Trinajstić information content (AvgIpc) is 3.20. The number of aromatic nitrogens is 1. The van der Waals surface area contributed by atoms with Gasteiger partial charge in [-0.2, -0.15) is 4.31 Å². The number of H-pyrrole nitrogens is 1. The Bertz CT molecular complexity index is 952. The van der Waals surface area contributed by atoms with Crippen LogP contribution in [0, 0.1) is 0 Å². The van der Waals surface area contributed by atoms with Gasteiger partial charge in [-0.25, -0.2) is 13.2 Å². The van der Waals surface area contributed by atoms with E-state index in [0.717, 1.165) is 0 Å². The SMILES string of the molecule is O=C(COC(=O)c1cc(S(=O)(=O)N2CCOCC2)c[nH]1)Nc1ccc(Cl)cc1. The molecule has 2 N–H and O–H groups in total. The monoisotopic (exact) mass is 427 g/mol. The molecule has 1 aromatic heterocycles. The zero-order valence-corrected chi connectivity index (χ0v) is 16.3. The zero-order chi connectivity index (χ0) is 20.1. The quantitative estimate of drug-likeness (QED) is 0.674. The molecule has 9 nitrogen and oxygen atoms in total. The lowest BCUT2D eigenvalue weighted by molar-refractivity contribution is -0.119. The van der Waals surface area contributed by atoms with Gasteiger partial charge in [0.1, 0.15) is 10.6 Å². The molecule has 28 heavy (non-hydrogen) atoms. The number of aromatic amines is 1. The number of carbonyl (C=O) groups excluding carboxylic acids is 2. The first kappa shape index (κ1) is 20.3. The summed E-state index contributed by atoms with van der Waals surface area (Å²) >= 11 is 5.76. The smallest absolute Gasteiger partial charge is 0.355 e. The Morgan fingerprint density at radius 2 is 1.89 bits per heavy atom. The third-order valence-corrected chi connectivity index (χ3v) is 6.07. The number of rotatable bonds is 6. The first-order valence-electron chi connectivity index (χ1n) is 8.35. The molecule has 150 valence electrons. The van der Waals surface area contributed by atoms with E-state index >= 15 is 0 Å². The van der Waals surface area contributed by atoms with Gasteiger partial charge in [0.25, 0.3) is 5.91 Å². The van der Waals surface area contributed by atoms with Gasteiger partial charge in [-0.3, -0.25) is 4.79 Å². The molecule has 0 atom stereocenters. The van der Waals surface area contributed by atoms with Gasteiger partial charge in [-0.15, -0.1) is 0 Å². The number of nitrogens with zero attached hydrogens (tertiary/aromatic N) is 1. The van der Waals surface area contributed by atoms with Crippen LogP contribution in [0.2, 0.25) is 5.02 Å². The number of hydrogen-bond acceptors (Lipinski definition) is 6. The molecule has 0 aliphatic carbocycles. The topological polar surface area (TPSA) is 118 Å². The maximum absolute atomic E-state index is 12.5. The van der Waals surface area contributed by atoms with Crippen LogP contribution in [0.1, 0.15) is 10.5 Å². The number of esters is 1. The van der Waals surface area contributed by atoms with Crippen LogP contribution < -0.4 is 5.32 Å². The summed E-state index contributed by atoms with van der Waals surface area (Å²) in [7, 11) is -3.73. The number of morpholine rings is 1. The maximum Gasteiger partial charge on any atom is 0.355 e. The predicted octanol–water partition coefficient (Wildman–Crippen LogP) is 1.48. The molecule has 0 bridgehead atoms. The molecule has 1 fully saturated rings. The summed E-state index contributed by atoms with van der Waals surface area (Å²) in [5, 5.41) is 3.08. The van der Waals surface area contributed by atoms with Gasteiger partial charge in [0.2, 0.25) is 10.0 Å². The zero-order valence-electron chi connectivity index (χ0n) is 14.7. The Kier molecular flexibility index (Phi) is 6.35. The van der Waals surface area contributed by atoms with E-state index in [1.807, 2.05) is 0 Å². The van der Waals surface area contributed by atoms with Crippen LogP contribution in [0.3, 0.4) is 0 Å². The van der Waals surface area contributed by atoms with E-state index in [9.17, 15) is 18.0 Å². The molecule has 0 saturated carbocycles. The molecule has 0 radical (unpaired) electrons. The minimum atomic E-state index is -3.73. The Balaban J connectivity index is 1.56. The summed E-state index contributed by atoms with van der Waals surface area (Å²) < 4.78 is 36.4. The molecule has 2 heterocycles. The normalized spacial score (nSPS) is 15.2. The minimum Gasteiger partial charge on any atom is -0.451 e. The fourth-order valence-electron chi connectivity index (χ4n) is 2.52. The van der Waals surface area contributed by atoms with Crippen LogP contribution in [0.15, 0.2) is 41.4 Å². The molecule has 1 aliphatic heterocycles. The summed E-state index contributed by atoms with van der Waals surface area (Å²) in [6.07, 6.45) is 1.22. The Hall–Kier alpha value is -2.40. The van der Waals surface area contributed by atoms with Crippen molar-refractivity contribution >= 4 is 39.2 Å². The number of amides is 1. The highest BCUT2D eigenvalue weighted by Crippen LogP contribution is 2.18. The Morgan fingerprint density at radius 1 is 1.21 bits per heavy atom. The number of sulfonamides is 1. The second-order valence-corrected chi connectivity index (χ2v) is 8.27. The van der Waals surface area contributed by atoms with Gasteiger partial charge in [-0.05, 0) is 30.3 Å². The van der Waals surface area contributed by atoms with Crippen LogP contribution in [0.25, 0.3) is 0 Å². The number of benzene rings is 1. The van der Waals surface area contributed by atoms with Crippen molar-refractivity contribution in [3.8, 4) is 0 Å². The number of nitrogens with one attached hydrogen (secondary N) is 2. The molecule has 1 saturated heterocycles. The second kappa shape index (κ2) is 8.74. The van der Waals surface area contributed by atoms with Crippen LogP contribution in [-0.4, -0.2) is 62.5 Å². The molecule has 3 rings (SSSR count). The summed E-state index contributed by atoms with van der Waals surface area (Å²) in [4.78, 5) is 26.5. The van der Waals surface area contributed by atoms with E-state index in [-0.39, 0.29) is 23.7 Å². The molecule has 1 amide bonds. The molecule has 0 spiro atoms. The highest BCUT2D eigenvalue weighted by atomic mass is 35.5. The summed E-state index contributed by atoms with van der Waals surface area (Å²) in [5.74, 6) is -1.38. The lowest BCUT2D eigenvalue weighted by atomic mass is 10.3. The van der Waals surface area contributed by atoms with Crippen molar-refractivity contribution in [2.45, 2.75) is 4.90 Å². The molecular weight excluding hydrogens is 410 g/mol. The number of carbonyl (C=O) groups is 2. The highest BCUT2D eigenvalue weighted by molar-refractivity contribution is 7.89. The van der Waals surface area contributed by atoms with E-state index in [1.54, 1.807) is 24.3 Å². The van der Waals surface area contributed by atoms with Crippen molar-refractivity contribution in [2.75, 3.05) is 38.2 Å². The summed E-state index contributed by atoms with van der Waals surface area (Å²) in [6, 6.07) is 7.62. The Labute approximate surface area is 166 Å². The van der Waals surface area contributed by atoms with E-state index in [2.05, 4.69) is 10.3 Å². The third-order valence-electron chi connectivity index (χ3n) is 3.95. The van der Waals surface area contributed by atoms with E-state index < -0.39 is 28.5 Å². The van der Waals surface area contributed by atoms with Crippen LogP contribution in [0.5, 0.6) is 0 Å². The van der Waals surface area contributed by atoms with Crippen molar-refractivity contribution in [3.05, 3.63) is 47.2 Å². The van der Waals surface area contributed by atoms with E-state index in [4.69, 9.17) is 21.1 Å². The number of halogens is 1. The van der Waals surface area contributed by atoms with Gasteiger partial charge in [0, 0.05) is 30.0 Å². The van der Waals surface area contributed by atoms with Crippen LogP contribution in [-0.2, 0) is 24.3 Å². The molecular formula is C17H18ClN3O6S. The lowest BCUT2D eigenvalue weighted by Crippen LogP contribution is -2.40. The van der Waals surface area contributed by atoms with Gasteiger partial charge in [0.05, 0.1) is 13.2 Å². The van der Waals surface area contributed by atoms with Gasteiger partial charge in [-0.1, -0.05) is 11.6 Å². The number of anilines is 1. The van der Waals surface area contributed by atoms with Gasteiger partial charge < -0.3 is 19.8 Å². The van der Waals surface area contributed by atoms with Crippen molar-refractivity contribution in [2.24, 2.45) is 0 Å². The van der Waals surface area contributed by atoms with Gasteiger partial charge in [0.15, 0.2) is 6.61 Å². The summed E-state index contributed by atoms with van der Waals surface area (Å²) in [6.45, 7) is 0.616. The van der Waals surface area contributed by atoms with Crippen molar-refractivity contribution in [1.29, 1.82) is 0 Å². The highest BCUT2D eigenvalue weighted by Gasteiger charge is 2.28. The van der Waals surface area contributed by atoms with E-state index in [0.29, 0.717) is 23.9 Å². The third kappa shape index (κ3) is 4.90. The largest absolute Gasteiger partial charge is 0.451 e. The number of hydrogen-bond donors (Lipinski definition) is 2. The van der Waals surface area contributed by atoms with Crippen LogP contribution in [0.4, 0.5) is 5.69 Å². The first-order valence-corrected chi connectivity index (χ1v) is 10.2. The molecule has 11 heteroatoms. The lowest BCUT2D eigenvalue weighted by Gasteiger charge is -2.25. The fourth-order valence-corrected chi connectivity index (χ4v) is 4.04.